The van der Waals surface area contributed by atoms with Crippen molar-refractivity contribution in [2.45, 2.75) is 50.6 Å². The van der Waals surface area contributed by atoms with Crippen molar-refractivity contribution in [2.75, 3.05) is 28.4 Å². The topological polar surface area (TPSA) is 74.3 Å². The summed E-state index contributed by atoms with van der Waals surface area (Å²) in [6.45, 7) is 0. The van der Waals surface area contributed by atoms with Crippen LogP contribution in [0.2, 0.25) is 0 Å². The van der Waals surface area contributed by atoms with Gasteiger partial charge in [-0.25, -0.2) is 4.79 Å². The number of ether oxygens (including phenoxy) is 4. The van der Waals surface area contributed by atoms with Gasteiger partial charge in [-0.15, -0.1) is 0 Å². The van der Waals surface area contributed by atoms with Gasteiger partial charge in [0.2, 0.25) is 11.7 Å². The lowest BCUT2D eigenvalue weighted by Gasteiger charge is -2.47. The number of methoxy groups -OCH3 is 4. The first kappa shape index (κ1) is 22.0. The third-order valence-electron chi connectivity index (χ3n) is 6.21. The smallest absolute Gasteiger partial charge is 0.328 e. The third kappa shape index (κ3) is 4.40. The van der Waals surface area contributed by atoms with Gasteiger partial charge in [-0.1, -0.05) is 12.8 Å². The number of likely N-dealkylation sites (tertiary alicyclic amines) is 1. The predicted molar refractivity (Wildman–Crippen MR) is 113 cm³/mol. The minimum Gasteiger partial charge on any atom is -0.493 e. The highest BCUT2D eigenvalue weighted by atomic mass is 16.5. The Morgan fingerprint density at radius 2 is 1.60 bits per heavy atom. The van der Waals surface area contributed by atoms with Crippen molar-refractivity contribution in [3.8, 4) is 17.2 Å². The van der Waals surface area contributed by atoms with Crippen molar-refractivity contribution in [3.05, 3.63) is 23.8 Å². The van der Waals surface area contributed by atoms with E-state index in [0.29, 0.717) is 29.6 Å². The number of benzene rings is 1. The maximum Gasteiger partial charge on any atom is 0.328 e. The molecule has 1 amide bonds. The fraction of sp³-hybridized carbons (Fsp3) is 0.565. The van der Waals surface area contributed by atoms with Gasteiger partial charge in [0.25, 0.3) is 0 Å². The molecule has 7 heteroatoms. The first-order chi connectivity index (χ1) is 14.5. The van der Waals surface area contributed by atoms with E-state index in [1.54, 1.807) is 44.4 Å². The van der Waals surface area contributed by atoms with Crippen molar-refractivity contribution < 1.29 is 28.5 Å². The Morgan fingerprint density at radius 1 is 0.933 bits per heavy atom. The van der Waals surface area contributed by atoms with Gasteiger partial charge in [0, 0.05) is 12.1 Å². The van der Waals surface area contributed by atoms with Crippen LogP contribution in [0.1, 0.15) is 44.1 Å². The molecule has 0 radical (unpaired) electrons. The number of nitrogens with zero attached hydrogens (tertiary/aromatic N) is 1. The molecular formula is C23H31NO6. The Kier molecular flexibility index (Phi) is 7.24. The van der Waals surface area contributed by atoms with Gasteiger partial charge in [0.05, 0.1) is 28.4 Å². The zero-order chi connectivity index (χ0) is 21.7. The second kappa shape index (κ2) is 9.87. The fourth-order valence-corrected chi connectivity index (χ4v) is 4.77. The van der Waals surface area contributed by atoms with Gasteiger partial charge >= 0.3 is 5.97 Å². The summed E-state index contributed by atoms with van der Waals surface area (Å²) in [5, 5.41) is 0. The molecule has 1 saturated heterocycles. The molecule has 1 saturated carbocycles. The van der Waals surface area contributed by atoms with Crippen molar-refractivity contribution in [1.82, 2.24) is 4.90 Å². The Hall–Kier alpha value is -2.70. The van der Waals surface area contributed by atoms with E-state index in [9.17, 15) is 9.59 Å². The zero-order valence-corrected chi connectivity index (χ0v) is 18.2. The summed E-state index contributed by atoms with van der Waals surface area (Å²) in [6.07, 6.45) is 9.16. The SMILES string of the molecule is COC(=O)C1CCC2CCCCC2N1C(=O)/C=C/c1cc(OC)c(OC)c(OC)c1. The number of hydrogen-bond acceptors (Lipinski definition) is 6. The second-order valence-corrected chi connectivity index (χ2v) is 7.77. The molecule has 164 valence electrons. The van der Waals surface area contributed by atoms with Crippen molar-refractivity contribution >= 4 is 18.0 Å². The number of piperidine rings is 1. The molecule has 2 fully saturated rings. The molecule has 3 atom stereocenters. The van der Waals surface area contributed by atoms with Crippen LogP contribution in [0.25, 0.3) is 6.08 Å². The standard InChI is InChI=1S/C23H31NO6/c1-27-19-13-15(14-20(28-2)22(19)29-3)9-12-21(25)24-17-8-6-5-7-16(17)10-11-18(24)23(26)30-4/h9,12-14,16-18H,5-8,10-11H2,1-4H3/b12-9+. The first-order valence-corrected chi connectivity index (χ1v) is 10.4. The Labute approximate surface area is 177 Å². The summed E-state index contributed by atoms with van der Waals surface area (Å²) in [6, 6.07) is 3.13. The van der Waals surface area contributed by atoms with Crippen molar-refractivity contribution in [2.24, 2.45) is 5.92 Å². The molecule has 0 N–H and O–H groups in total. The minimum atomic E-state index is -0.522. The zero-order valence-electron chi connectivity index (χ0n) is 18.2. The van der Waals surface area contributed by atoms with E-state index in [-0.39, 0.29) is 17.9 Å². The van der Waals surface area contributed by atoms with Crippen LogP contribution in [0.15, 0.2) is 18.2 Å². The van der Waals surface area contributed by atoms with E-state index in [4.69, 9.17) is 18.9 Å². The number of fused-ring (bicyclic) bond motifs is 1. The molecule has 30 heavy (non-hydrogen) atoms. The van der Waals surface area contributed by atoms with Crippen LogP contribution in [-0.2, 0) is 14.3 Å². The van der Waals surface area contributed by atoms with Crippen LogP contribution in [-0.4, -0.2) is 57.3 Å². The molecule has 0 aromatic heterocycles. The average molecular weight is 418 g/mol. The minimum absolute atomic E-state index is 0.0914. The van der Waals surface area contributed by atoms with Crippen LogP contribution in [0, 0.1) is 5.92 Å². The van der Waals surface area contributed by atoms with Gasteiger partial charge in [0.15, 0.2) is 11.5 Å². The number of amides is 1. The summed E-state index contributed by atoms with van der Waals surface area (Å²) in [5.74, 6) is 1.47. The van der Waals surface area contributed by atoms with E-state index in [2.05, 4.69) is 0 Å². The molecule has 1 aliphatic heterocycles. The lowest BCUT2D eigenvalue weighted by molar-refractivity contribution is -0.158. The highest BCUT2D eigenvalue weighted by Gasteiger charge is 2.43. The predicted octanol–water partition coefficient (Wildman–Crippen LogP) is 3.45. The van der Waals surface area contributed by atoms with E-state index >= 15 is 0 Å². The molecule has 2 aliphatic rings. The first-order valence-electron chi connectivity index (χ1n) is 10.4. The van der Waals surface area contributed by atoms with Gasteiger partial charge < -0.3 is 23.8 Å². The Bertz CT molecular complexity index is 780. The highest BCUT2D eigenvalue weighted by Crippen LogP contribution is 2.40. The molecule has 7 nitrogen and oxygen atoms in total. The fourth-order valence-electron chi connectivity index (χ4n) is 4.77. The van der Waals surface area contributed by atoms with Crippen LogP contribution >= 0.6 is 0 Å². The number of carbonyl (C=O) groups excluding carboxylic acids is 2. The molecule has 0 bridgehead atoms. The van der Waals surface area contributed by atoms with E-state index in [1.807, 2.05) is 0 Å². The van der Waals surface area contributed by atoms with Gasteiger partial charge in [-0.2, -0.15) is 0 Å². The molecule has 1 heterocycles. The summed E-state index contributed by atoms with van der Waals surface area (Å²) in [7, 11) is 6.02. The molecule has 0 spiro atoms. The van der Waals surface area contributed by atoms with Gasteiger partial charge in [-0.05, 0) is 55.4 Å². The average Bonchev–Trinajstić information content (AvgIpc) is 2.80. The molecule has 3 unspecified atom stereocenters. The van der Waals surface area contributed by atoms with Crippen LogP contribution in [0.3, 0.4) is 0 Å². The number of rotatable bonds is 6. The summed E-state index contributed by atoms with van der Waals surface area (Å²) >= 11 is 0. The Balaban J connectivity index is 1.88. The van der Waals surface area contributed by atoms with E-state index in [0.717, 1.165) is 31.2 Å². The summed E-state index contributed by atoms with van der Waals surface area (Å²) < 4.78 is 21.1. The lowest BCUT2D eigenvalue weighted by Crippen LogP contribution is -2.57. The molecule has 1 aliphatic carbocycles. The second-order valence-electron chi connectivity index (χ2n) is 7.77. The molecular weight excluding hydrogens is 386 g/mol. The molecule has 3 rings (SSSR count). The molecule has 1 aromatic carbocycles. The highest BCUT2D eigenvalue weighted by molar-refractivity contribution is 5.95. The van der Waals surface area contributed by atoms with Crippen molar-refractivity contribution in [3.63, 3.8) is 0 Å². The largest absolute Gasteiger partial charge is 0.493 e. The third-order valence-corrected chi connectivity index (χ3v) is 6.21. The van der Waals surface area contributed by atoms with Gasteiger partial charge in [-0.3, -0.25) is 4.79 Å². The monoisotopic (exact) mass is 417 g/mol. The quantitative estimate of drug-likeness (QED) is 0.521. The maximum absolute atomic E-state index is 13.2. The van der Waals surface area contributed by atoms with Crippen LogP contribution in [0.4, 0.5) is 0 Å². The molecule has 1 aromatic rings. The number of hydrogen-bond donors (Lipinski definition) is 0. The summed E-state index contributed by atoms with van der Waals surface area (Å²) in [4.78, 5) is 27.4. The number of esters is 1. The van der Waals surface area contributed by atoms with Crippen LogP contribution in [0.5, 0.6) is 17.2 Å². The van der Waals surface area contributed by atoms with Crippen molar-refractivity contribution in [1.29, 1.82) is 0 Å². The maximum atomic E-state index is 13.2. The van der Waals surface area contributed by atoms with E-state index in [1.165, 1.54) is 19.6 Å². The van der Waals surface area contributed by atoms with Gasteiger partial charge in [0.1, 0.15) is 6.04 Å². The lowest BCUT2D eigenvalue weighted by atomic mass is 9.76. The summed E-state index contributed by atoms with van der Waals surface area (Å²) in [5.41, 5.74) is 0.740. The number of carbonyl (C=O) groups is 2. The van der Waals surface area contributed by atoms with Crippen LogP contribution < -0.4 is 14.2 Å². The van der Waals surface area contributed by atoms with E-state index < -0.39 is 6.04 Å². The Morgan fingerprint density at radius 3 is 2.20 bits per heavy atom. The normalized spacial score (nSPS) is 23.6.